The Morgan fingerprint density at radius 2 is 1.71 bits per heavy atom. The van der Waals surface area contributed by atoms with E-state index in [1.807, 2.05) is 13.0 Å². The molecule has 0 atom stereocenters. The van der Waals surface area contributed by atoms with Gasteiger partial charge < -0.3 is 20.1 Å². The van der Waals surface area contributed by atoms with Crippen molar-refractivity contribution >= 4 is 52.2 Å². The number of para-hydroxylation sites is 2. The summed E-state index contributed by atoms with van der Waals surface area (Å²) in [7, 11) is 1.52. The van der Waals surface area contributed by atoms with E-state index in [1.165, 1.54) is 7.11 Å². The van der Waals surface area contributed by atoms with Gasteiger partial charge in [0.1, 0.15) is 18.0 Å². The van der Waals surface area contributed by atoms with Gasteiger partial charge in [0.15, 0.2) is 6.61 Å². The minimum atomic E-state index is -0.535. The van der Waals surface area contributed by atoms with Gasteiger partial charge in [-0.15, -0.1) is 0 Å². The zero-order valence-electron chi connectivity index (χ0n) is 20.7. The summed E-state index contributed by atoms with van der Waals surface area (Å²) in [5.41, 5.74) is 2.77. The molecule has 1 aliphatic heterocycles. The summed E-state index contributed by atoms with van der Waals surface area (Å²) in [5, 5.41) is 4.92. The third-order valence-electron chi connectivity index (χ3n) is 5.41. The Morgan fingerprint density at radius 1 is 0.947 bits per heavy atom. The van der Waals surface area contributed by atoms with Crippen molar-refractivity contribution in [1.82, 2.24) is 4.90 Å². The molecule has 1 saturated heterocycles. The first-order chi connectivity index (χ1) is 18.3. The number of amides is 4. The van der Waals surface area contributed by atoms with Gasteiger partial charge in [-0.3, -0.25) is 24.1 Å². The zero-order chi connectivity index (χ0) is 27.1. The van der Waals surface area contributed by atoms with Gasteiger partial charge >= 0.3 is 0 Å². The average Bonchev–Trinajstić information content (AvgIpc) is 3.15. The second-order valence-corrected chi connectivity index (χ2v) is 9.28. The molecule has 0 spiro atoms. The first-order valence-electron chi connectivity index (χ1n) is 11.6. The number of nitrogens with one attached hydrogen (secondary N) is 2. The van der Waals surface area contributed by atoms with E-state index in [0.29, 0.717) is 28.4 Å². The topological polar surface area (TPSA) is 114 Å². The molecule has 3 aromatic rings. The number of ether oxygens (including phenoxy) is 2. The van der Waals surface area contributed by atoms with Crippen LogP contribution in [0.15, 0.2) is 77.7 Å². The number of hydrogen-bond donors (Lipinski definition) is 2. The van der Waals surface area contributed by atoms with Crippen molar-refractivity contribution in [3.63, 3.8) is 0 Å². The fraction of sp³-hybridized carbons (Fsp3) is 0.143. The summed E-state index contributed by atoms with van der Waals surface area (Å²) in [6.07, 6.45) is 1.57. The van der Waals surface area contributed by atoms with Crippen molar-refractivity contribution < 1.29 is 28.7 Å². The number of aryl methyl sites for hydroxylation is 1. The Hall–Kier alpha value is -4.57. The van der Waals surface area contributed by atoms with Crippen LogP contribution in [0.25, 0.3) is 6.08 Å². The van der Waals surface area contributed by atoms with Crippen molar-refractivity contribution in [2.24, 2.45) is 0 Å². The highest BCUT2D eigenvalue weighted by molar-refractivity contribution is 8.18. The molecule has 0 unspecified atom stereocenters. The molecule has 0 saturated carbocycles. The van der Waals surface area contributed by atoms with Crippen LogP contribution in [-0.4, -0.2) is 48.1 Å². The highest BCUT2D eigenvalue weighted by Crippen LogP contribution is 2.32. The lowest BCUT2D eigenvalue weighted by molar-refractivity contribution is -0.127. The van der Waals surface area contributed by atoms with Crippen molar-refractivity contribution in [3.8, 4) is 11.5 Å². The van der Waals surface area contributed by atoms with E-state index in [9.17, 15) is 19.2 Å². The fourth-order valence-electron chi connectivity index (χ4n) is 3.60. The fourth-order valence-corrected chi connectivity index (χ4v) is 4.44. The van der Waals surface area contributed by atoms with E-state index in [1.54, 1.807) is 72.8 Å². The molecule has 38 heavy (non-hydrogen) atoms. The molecule has 1 heterocycles. The molecule has 1 aliphatic rings. The summed E-state index contributed by atoms with van der Waals surface area (Å²) >= 11 is 0.774. The number of thioether (sulfide) groups is 1. The van der Waals surface area contributed by atoms with Crippen molar-refractivity contribution in [1.29, 1.82) is 0 Å². The molecule has 2 N–H and O–H groups in total. The third-order valence-corrected chi connectivity index (χ3v) is 6.31. The van der Waals surface area contributed by atoms with E-state index < -0.39 is 17.1 Å². The minimum Gasteiger partial charge on any atom is -0.495 e. The molecule has 0 aromatic heterocycles. The molecule has 10 heteroatoms. The summed E-state index contributed by atoms with van der Waals surface area (Å²) < 4.78 is 10.8. The third kappa shape index (κ3) is 6.80. The first-order valence-corrected chi connectivity index (χ1v) is 12.4. The number of anilines is 2. The summed E-state index contributed by atoms with van der Waals surface area (Å²) in [6, 6.07) is 21.0. The number of imide groups is 1. The Labute approximate surface area is 223 Å². The highest BCUT2D eigenvalue weighted by Gasteiger charge is 2.36. The number of rotatable bonds is 9. The van der Waals surface area contributed by atoms with Gasteiger partial charge in [0.05, 0.1) is 17.7 Å². The van der Waals surface area contributed by atoms with E-state index in [4.69, 9.17) is 9.47 Å². The molecule has 0 aliphatic carbocycles. The average molecular weight is 532 g/mol. The predicted octanol–water partition coefficient (Wildman–Crippen LogP) is 4.70. The van der Waals surface area contributed by atoms with E-state index in [2.05, 4.69) is 10.6 Å². The van der Waals surface area contributed by atoms with Crippen LogP contribution in [0, 0.1) is 6.92 Å². The molecule has 1 fully saturated rings. The van der Waals surface area contributed by atoms with Crippen LogP contribution in [0.3, 0.4) is 0 Å². The molecular formula is C28H25N3O6S. The number of benzene rings is 3. The van der Waals surface area contributed by atoms with E-state index in [-0.39, 0.29) is 24.0 Å². The van der Waals surface area contributed by atoms with Gasteiger partial charge in [-0.05, 0) is 72.3 Å². The Bertz CT molecular complexity index is 1400. The smallest absolute Gasteiger partial charge is 0.294 e. The van der Waals surface area contributed by atoms with Gasteiger partial charge in [0, 0.05) is 5.69 Å². The number of carbonyl (C=O) groups excluding carboxylic acids is 4. The Kier molecular flexibility index (Phi) is 8.44. The molecule has 3 aromatic carbocycles. The Balaban J connectivity index is 1.31. The quantitative estimate of drug-likeness (QED) is 0.385. The van der Waals surface area contributed by atoms with Crippen LogP contribution in [0.4, 0.5) is 16.2 Å². The molecular weight excluding hydrogens is 506 g/mol. The van der Waals surface area contributed by atoms with Gasteiger partial charge in [0.2, 0.25) is 5.91 Å². The van der Waals surface area contributed by atoms with Crippen LogP contribution < -0.4 is 20.1 Å². The molecule has 9 nitrogen and oxygen atoms in total. The predicted molar refractivity (Wildman–Crippen MR) is 146 cm³/mol. The second-order valence-electron chi connectivity index (χ2n) is 8.29. The van der Waals surface area contributed by atoms with Gasteiger partial charge in [-0.25, -0.2) is 0 Å². The SMILES string of the molecule is COc1ccccc1NC(=O)COc1ccc(/C=C2\SC(=O)N(CC(=O)Nc3cccc(C)c3)C2=O)cc1. The second kappa shape index (κ2) is 12.1. The maximum Gasteiger partial charge on any atom is 0.294 e. The normalized spacial score (nSPS) is 13.9. The summed E-state index contributed by atoms with van der Waals surface area (Å²) in [5.74, 6) is -0.346. The molecule has 194 valence electrons. The van der Waals surface area contributed by atoms with Gasteiger partial charge in [-0.1, -0.05) is 36.4 Å². The molecule has 4 rings (SSSR count). The van der Waals surface area contributed by atoms with Crippen molar-refractivity contribution in [3.05, 3.63) is 88.8 Å². The van der Waals surface area contributed by atoms with Crippen LogP contribution in [-0.2, 0) is 14.4 Å². The lowest BCUT2D eigenvalue weighted by atomic mass is 10.2. The maximum atomic E-state index is 12.8. The number of carbonyl (C=O) groups is 4. The maximum absolute atomic E-state index is 12.8. The number of methoxy groups -OCH3 is 1. The Morgan fingerprint density at radius 3 is 2.45 bits per heavy atom. The zero-order valence-corrected chi connectivity index (χ0v) is 21.5. The van der Waals surface area contributed by atoms with Crippen LogP contribution in [0.5, 0.6) is 11.5 Å². The number of hydrogen-bond acceptors (Lipinski definition) is 7. The lowest BCUT2D eigenvalue weighted by Crippen LogP contribution is -2.36. The van der Waals surface area contributed by atoms with Crippen molar-refractivity contribution in [2.75, 3.05) is 30.9 Å². The van der Waals surface area contributed by atoms with Crippen LogP contribution >= 0.6 is 11.8 Å². The van der Waals surface area contributed by atoms with Crippen LogP contribution in [0.1, 0.15) is 11.1 Å². The highest BCUT2D eigenvalue weighted by atomic mass is 32.2. The molecule has 4 amide bonds. The van der Waals surface area contributed by atoms with E-state index >= 15 is 0 Å². The first kappa shape index (κ1) is 26.5. The van der Waals surface area contributed by atoms with Gasteiger partial charge in [0.25, 0.3) is 17.1 Å². The van der Waals surface area contributed by atoms with Gasteiger partial charge in [-0.2, -0.15) is 0 Å². The lowest BCUT2D eigenvalue weighted by Gasteiger charge is -2.12. The van der Waals surface area contributed by atoms with Crippen molar-refractivity contribution in [2.45, 2.75) is 6.92 Å². The minimum absolute atomic E-state index is 0.207. The van der Waals surface area contributed by atoms with Crippen LogP contribution in [0.2, 0.25) is 0 Å². The summed E-state index contributed by atoms with van der Waals surface area (Å²) in [4.78, 5) is 50.9. The summed E-state index contributed by atoms with van der Waals surface area (Å²) in [6.45, 7) is 1.32. The largest absolute Gasteiger partial charge is 0.495 e. The standard InChI is InChI=1S/C28H25N3O6S/c1-18-6-5-7-20(14-18)29-25(32)16-31-27(34)24(38-28(31)35)15-19-10-12-21(13-11-19)37-17-26(33)30-22-8-3-4-9-23(22)36-2/h3-15H,16-17H2,1-2H3,(H,29,32)(H,30,33)/b24-15-. The van der Waals surface area contributed by atoms with E-state index in [0.717, 1.165) is 22.2 Å². The molecule has 0 bridgehead atoms. The molecule has 0 radical (unpaired) electrons. The number of nitrogens with zero attached hydrogens (tertiary/aromatic N) is 1. The monoisotopic (exact) mass is 531 g/mol.